The largest absolute Gasteiger partial charge is 0.495 e. The van der Waals surface area contributed by atoms with E-state index in [0.29, 0.717) is 22.8 Å². The fourth-order valence-electron chi connectivity index (χ4n) is 2.47. The molecule has 0 aromatic heterocycles. The molecule has 2 aromatic carbocycles. The molecule has 148 valence electrons. The Balaban J connectivity index is 2.15. The van der Waals surface area contributed by atoms with Gasteiger partial charge in [0, 0.05) is 18.3 Å². The summed E-state index contributed by atoms with van der Waals surface area (Å²) in [5.41, 5.74) is 1.13. The van der Waals surface area contributed by atoms with Gasteiger partial charge in [-0.3, -0.25) is 14.4 Å². The molecule has 0 atom stereocenters. The zero-order chi connectivity index (χ0) is 20.9. The minimum Gasteiger partial charge on any atom is -0.495 e. The summed E-state index contributed by atoms with van der Waals surface area (Å²) in [6.45, 7) is 6.38. The number of benzene rings is 2. The molecule has 0 fully saturated rings. The molecule has 28 heavy (non-hydrogen) atoms. The summed E-state index contributed by atoms with van der Waals surface area (Å²) < 4.78 is 5.27. The molecule has 0 aliphatic heterocycles. The van der Waals surface area contributed by atoms with E-state index >= 15 is 0 Å². The number of carbonyl (C=O) groups excluding carboxylic acids is 3. The molecule has 0 spiro atoms. The van der Waals surface area contributed by atoms with Crippen molar-refractivity contribution in [3.05, 3.63) is 48.0 Å². The number of rotatable bonds is 6. The summed E-state index contributed by atoms with van der Waals surface area (Å²) in [6, 6.07) is 12.1. The molecule has 0 aliphatic rings. The van der Waals surface area contributed by atoms with Crippen LogP contribution in [0.5, 0.6) is 5.75 Å². The van der Waals surface area contributed by atoms with Crippen molar-refractivity contribution in [2.75, 3.05) is 23.1 Å². The Bertz CT molecular complexity index is 906. The molecule has 0 saturated heterocycles. The third-order valence-electron chi connectivity index (χ3n) is 4.18. The normalized spacial score (nSPS) is 10.8. The van der Waals surface area contributed by atoms with Crippen LogP contribution in [0.25, 0.3) is 0 Å². The first-order valence-electron chi connectivity index (χ1n) is 8.78. The summed E-state index contributed by atoms with van der Waals surface area (Å²) in [5, 5.41) is 8.13. The number of hydrogen-bond acceptors (Lipinski definition) is 4. The van der Waals surface area contributed by atoms with Crippen LogP contribution in [0.15, 0.2) is 42.5 Å². The molecule has 2 aromatic rings. The lowest BCUT2D eigenvalue weighted by Crippen LogP contribution is -2.41. The van der Waals surface area contributed by atoms with Gasteiger partial charge in [-0.1, -0.05) is 12.1 Å². The van der Waals surface area contributed by atoms with E-state index < -0.39 is 17.2 Å². The third-order valence-corrected chi connectivity index (χ3v) is 4.18. The van der Waals surface area contributed by atoms with Crippen LogP contribution in [0.1, 0.15) is 26.3 Å². The van der Waals surface area contributed by atoms with Crippen molar-refractivity contribution in [2.45, 2.75) is 27.7 Å². The first kappa shape index (κ1) is 21.0. The minimum absolute atomic E-state index is 0.213. The van der Waals surface area contributed by atoms with E-state index in [1.54, 1.807) is 36.4 Å². The van der Waals surface area contributed by atoms with E-state index in [1.165, 1.54) is 27.9 Å². The number of amides is 3. The quantitative estimate of drug-likeness (QED) is 0.665. The van der Waals surface area contributed by atoms with Crippen molar-refractivity contribution >= 4 is 34.8 Å². The van der Waals surface area contributed by atoms with Crippen LogP contribution in [-0.4, -0.2) is 24.8 Å². The van der Waals surface area contributed by atoms with E-state index in [9.17, 15) is 14.4 Å². The summed E-state index contributed by atoms with van der Waals surface area (Å²) in [7, 11) is 1.51. The van der Waals surface area contributed by atoms with Crippen LogP contribution in [0.2, 0.25) is 0 Å². The van der Waals surface area contributed by atoms with Gasteiger partial charge in [0.2, 0.25) is 17.7 Å². The number of aryl methyl sites for hydroxylation is 1. The first-order valence-corrected chi connectivity index (χ1v) is 8.78. The standard InChI is InChI=1S/C21H25N3O4/c1-13-9-10-18(28-5)17(11-13)24-20(27)21(3,4)19(26)23-16-8-6-7-15(12-16)22-14(2)25/h6-12H,1-5H3,(H,22,25)(H,23,26)(H,24,27). The highest BCUT2D eigenvalue weighted by atomic mass is 16.5. The molecule has 2 rings (SSSR count). The Morgan fingerprint density at radius 3 is 2.11 bits per heavy atom. The van der Waals surface area contributed by atoms with Gasteiger partial charge in [0.25, 0.3) is 0 Å². The smallest absolute Gasteiger partial charge is 0.239 e. The molecule has 3 amide bonds. The van der Waals surface area contributed by atoms with Gasteiger partial charge in [0.05, 0.1) is 12.8 Å². The van der Waals surface area contributed by atoms with Gasteiger partial charge in [-0.05, 0) is 56.7 Å². The average molecular weight is 383 g/mol. The minimum atomic E-state index is -1.35. The number of hydrogen-bond donors (Lipinski definition) is 3. The highest BCUT2D eigenvalue weighted by Gasteiger charge is 2.36. The summed E-state index contributed by atoms with van der Waals surface area (Å²) in [4.78, 5) is 36.7. The molecular formula is C21H25N3O4. The Kier molecular flexibility index (Phi) is 6.41. The lowest BCUT2D eigenvalue weighted by Gasteiger charge is -2.23. The number of anilines is 3. The van der Waals surface area contributed by atoms with Crippen molar-refractivity contribution < 1.29 is 19.1 Å². The van der Waals surface area contributed by atoms with Crippen LogP contribution >= 0.6 is 0 Å². The van der Waals surface area contributed by atoms with Crippen LogP contribution < -0.4 is 20.7 Å². The monoisotopic (exact) mass is 383 g/mol. The van der Waals surface area contributed by atoms with E-state index in [2.05, 4.69) is 16.0 Å². The van der Waals surface area contributed by atoms with Gasteiger partial charge in [0.1, 0.15) is 11.2 Å². The maximum absolute atomic E-state index is 12.8. The second-order valence-electron chi connectivity index (χ2n) is 7.00. The molecule has 3 N–H and O–H groups in total. The average Bonchev–Trinajstić information content (AvgIpc) is 2.61. The molecule has 7 nitrogen and oxygen atoms in total. The number of nitrogens with one attached hydrogen (secondary N) is 3. The Labute approximate surface area is 164 Å². The van der Waals surface area contributed by atoms with Crippen molar-refractivity contribution in [1.29, 1.82) is 0 Å². The lowest BCUT2D eigenvalue weighted by molar-refractivity contribution is -0.135. The zero-order valence-electron chi connectivity index (χ0n) is 16.7. The highest BCUT2D eigenvalue weighted by Crippen LogP contribution is 2.28. The third kappa shape index (κ3) is 5.09. The molecule has 0 heterocycles. The molecule has 0 bridgehead atoms. The van der Waals surface area contributed by atoms with Crippen molar-refractivity contribution in [3.63, 3.8) is 0 Å². The van der Waals surface area contributed by atoms with E-state index in [4.69, 9.17) is 4.74 Å². The summed E-state index contributed by atoms with van der Waals surface area (Å²) in [6.07, 6.45) is 0. The van der Waals surface area contributed by atoms with E-state index in [0.717, 1.165) is 5.56 Å². The van der Waals surface area contributed by atoms with Crippen molar-refractivity contribution in [3.8, 4) is 5.75 Å². The molecule has 0 unspecified atom stereocenters. The fourth-order valence-corrected chi connectivity index (χ4v) is 2.47. The van der Waals surface area contributed by atoms with Gasteiger partial charge in [-0.2, -0.15) is 0 Å². The lowest BCUT2D eigenvalue weighted by atomic mass is 9.90. The van der Waals surface area contributed by atoms with Crippen LogP contribution in [0.3, 0.4) is 0 Å². The summed E-state index contributed by atoms with van der Waals surface area (Å²) in [5.74, 6) is -0.642. The van der Waals surface area contributed by atoms with Crippen LogP contribution in [-0.2, 0) is 14.4 Å². The van der Waals surface area contributed by atoms with Gasteiger partial charge < -0.3 is 20.7 Å². The maximum atomic E-state index is 12.8. The highest BCUT2D eigenvalue weighted by molar-refractivity contribution is 6.14. The van der Waals surface area contributed by atoms with E-state index in [-0.39, 0.29) is 5.91 Å². The van der Waals surface area contributed by atoms with E-state index in [1.807, 2.05) is 13.0 Å². The van der Waals surface area contributed by atoms with Gasteiger partial charge in [-0.15, -0.1) is 0 Å². The predicted molar refractivity (Wildman–Crippen MR) is 110 cm³/mol. The Morgan fingerprint density at radius 1 is 0.893 bits per heavy atom. The topological polar surface area (TPSA) is 96.5 Å². The summed E-state index contributed by atoms with van der Waals surface area (Å²) >= 11 is 0. The molecule has 0 radical (unpaired) electrons. The SMILES string of the molecule is COc1ccc(C)cc1NC(=O)C(C)(C)C(=O)Nc1cccc(NC(C)=O)c1. The number of carbonyl (C=O) groups is 3. The molecule has 0 saturated carbocycles. The number of methoxy groups -OCH3 is 1. The molecular weight excluding hydrogens is 358 g/mol. The van der Waals surface area contributed by atoms with Crippen molar-refractivity contribution in [1.82, 2.24) is 0 Å². The maximum Gasteiger partial charge on any atom is 0.239 e. The second kappa shape index (κ2) is 8.56. The molecule has 0 aliphatic carbocycles. The van der Waals surface area contributed by atoms with Crippen LogP contribution in [0.4, 0.5) is 17.1 Å². The van der Waals surface area contributed by atoms with Gasteiger partial charge in [0.15, 0.2) is 0 Å². The van der Waals surface area contributed by atoms with Gasteiger partial charge >= 0.3 is 0 Å². The zero-order valence-corrected chi connectivity index (χ0v) is 16.7. The predicted octanol–water partition coefficient (Wildman–Crippen LogP) is 3.57. The van der Waals surface area contributed by atoms with Crippen molar-refractivity contribution in [2.24, 2.45) is 5.41 Å². The molecule has 7 heteroatoms. The fraction of sp³-hybridized carbons (Fsp3) is 0.286. The van der Waals surface area contributed by atoms with Crippen LogP contribution in [0, 0.1) is 12.3 Å². The second-order valence-corrected chi connectivity index (χ2v) is 7.00. The van der Waals surface area contributed by atoms with Gasteiger partial charge in [-0.25, -0.2) is 0 Å². The number of ether oxygens (including phenoxy) is 1. The Hall–Kier alpha value is -3.35. The first-order chi connectivity index (χ1) is 13.1. The Morgan fingerprint density at radius 2 is 1.50 bits per heavy atom.